The minimum Gasteiger partial charge on any atom is -0.462 e. The highest BCUT2D eigenvalue weighted by atomic mass is 16.5. The van der Waals surface area contributed by atoms with Crippen LogP contribution in [0.25, 0.3) is 0 Å². The molecule has 0 amide bonds. The van der Waals surface area contributed by atoms with Gasteiger partial charge >= 0.3 is 5.97 Å². The van der Waals surface area contributed by atoms with Gasteiger partial charge in [-0.2, -0.15) is 0 Å². The predicted molar refractivity (Wildman–Crippen MR) is 69.3 cm³/mol. The third-order valence-corrected chi connectivity index (χ3v) is 2.68. The van der Waals surface area contributed by atoms with Crippen molar-refractivity contribution in [3.8, 4) is 0 Å². The van der Waals surface area contributed by atoms with Gasteiger partial charge in [0.1, 0.15) is 0 Å². The Morgan fingerprint density at radius 2 is 1.89 bits per heavy atom. The monoisotopic (exact) mass is 251 g/mol. The largest absolute Gasteiger partial charge is 0.462 e. The Labute approximate surface area is 108 Å². The molecular weight excluding hydrogens is 230 g/mol. The average molecular weight is 251 g/mol. The van der Waals surface area contributed by atoms with E-state index in [-0.39, 0.29) is 12.6 Å². The number of hydrogen-bond acceptors (Lipinski definition) is 4. The highest BCUT2D eigenvalue weighted by molar-refractivity contribution is 5.88. The van der Waals surface area contributed by atoms with Crippen molar-refractivity contribution in [2.75, 3.05) is 13.2 Å². The molecule has 0 fully saturated rings. The summed E-state index contributed by atoms with van der Waals surface area (Å²) in [6.07, 6.45) is 9.32. The Bertz CT molecular complexity index is 327. The maximum absolute atomic E-state index is 11.5. The third kappa shape index (κ3) is 6.35. The van der Waals surface area contributed by atoms with Crippen molar-refractivity contribution in [3.05, 3.63) is 30.1 Å². The summed E-state index contributed by atoms with van der Waals surface area (Å²) < 4.78 is 5.14. The quantitative estimate of drug-likeness (QED) is 0.541. The summed E-state index contributed by atoms with van der Waals surface area (Å²) >= 11 is 0. The van der Waals surface area contributed by atoms with E-state index in [2.05, 4.69) is 4.98 Å². The van der Waals surface area contributed by atoms with Crippen molar-refractivity contribution in [3.63, 3.8) is 0 Å². The maximum atomic E-state index is 11.5. The second-order valence-electron chi connectivity index (χ2n) is 4.22. The molecule has 0 spiro atoms. The molecule has 0 radical (unpaired) electrons. The molecule has 1 N–H and O–H groups in total. The smallest absolute Gasteiger partial charge is 0.339 e. The van der Waals surface area contributed by atoms with Crippen molar-refractivity contribution < 1.29 is 14.6 Å². The third-order valence-electron chi connectivity index (χ3n) is 2.68. The Hall–Kier alpha value is -1.42. The van der Waals surface area contributed by atoms with Crippen LogP contribution in [-0.4, -0.2) is 29.3 Å². The number of aliphatic hydroxyl groups is 1. The number of nitrogens with zero attached hydrogens (tertiary/aromatic N) is 1. The minimum atomic E-state index is -0.302. The van der Waals surface area contributed by atoms with Gasteiger partial charge in [-0.25, -0.2) is 4.79 Å². The number of aliphatic hydroxyl groups excluding tert-OH is 1. The zero-order chi connectivity index (χ0) is 13.1. The lowest BCUT2D eigenvalue weighted by Crippen LogP contribution is -2.06. The van der Waals surface area contributed by atoms with Crippen LogP contribution in [0, 0.1) is 0 Å². The summed E-state index contributed by atoms with van der Waals surface area (Å²) in [6, 6.07) is 3.42. The van der Waals surface area contributed by atoms with Crippen molar-refractivity contribution in [1.29, 1.82) is 0 Å². The number of esters is 1. The Morgan fingerprint density at radius 1 is 1.17 bits per heavy atom. The lowest BCUT2D eigenvalue weighted by atomic mass is 10.1. The van der Waals surface area contributed by atoms with E-state index in [1.165, 1.54) is 6.20 Å². The molecule has 0 aliphatic rings. The number of hydrogen-bond donors (Lipinski definition) is 1. The first-order chi connectivity index (χ1) is 8.84. The van der Waals surface area contributed by atoms with Crippen LogP contribution >= 0.6 is 0 Å². The van der Waals surface area contributed by atoms with Gasteiger partial charge in [-0.1, -0.05) is 25.7 Å². The fourth-order valence-electron chi connectivity index (χ4n) is 1.65. The van der Waals surface area contributed by atoms with Gasteiger partial charge in [0.25, 0.3) is 0 Å². The van der Waals surface area contributed by atoms with E-state index in [0.717, 1.165) is 38.5 Å². The first kappa shape index (κ1) is 14.6. The highest BCUT2D eigenvalue weighted by Crippen LogP contribution is 2.06. The molecule has 0 saturated heterocycles. The van der Waals surface area contributed by atoms with Crippen LogP contribution in [0.1, 0.15) is 48.9 Å². The Balaban J connectivity index is 2.00. The first-order valence-corrected chi connectivity index (χ1v) is 6.52. The molecular formula is C14H21NO3. The molecule has 4 heteroatoms. The molecule has 4 nitrogen and oxygen atoms in total. The van der Waals surface area contributed by atoms with Crippen LogP contribution in [0.3, 0.4) is 0 Å². The van der Waals surface area contributed by atoms with Gasteiger partial charge in [0.15, 0.2) is 0 Å². The van der Waals surface area contributed by atoms with Gasteiger partial charge < -0.3 is 9.84 Å². The van der Waals surface area contributed by atoms with Crippen molar-refractivity contribution >= 4 is 5.97 Å². The number of aromatic nitrogens is 1. The normalized spacial score (nSPS) is 10.3. The highest BCUT2D eigenvalue weighted by Gasteiger charge is 2.05. The fraction of sp³-hybridized carbons (Fsp3) is 0.571. The van der Waals surface area contributed by atoms with Crippen LogP contribution in [0.2, 0.25) is 0 Å². The van der Waals surface area contributed by atoms with Crippen LogP contribution in [0.5, 0.6) is 0 Å². The summed E-state index contributed by atoms with van der Waals surface area (Å²) in [5.74, 6) is -0.302. The van der Waals surface area contributed by atoms with Gasteiger partial charge in [0, 0.05) is 19.0 Å². The van der Waals surface area contributed by atoms with Gasteiger partial charge in [-0.15, -0.1) is 0 Å². The topological polar surface area (TPSA) is 59.4 Å². The molecule has 0 bridgehead atoms. The lowest BCUT2D eigenvalue weighted by Gasteiger charge is -2.04. The van der Waals surface area contributed by atoms with Crippen LogP contribution in [-0.2, 0) is 4.74 Å². The minimum absolute atomic E-state index is 0.280. The second-order valence-corrected chi connectivity index (χ2v) is 4.22. The molecule has 1 heterocycles. The fourth-order valence-corrected chi connectivity index (χ4v) is 1.65. The molecule has 0 aliphatic carbocycles. The SMILES string of the molecule is O=C(OCCCCCCCCO)c1cccnc1. The molecule has 0 saturated carbocycles. The molecule has 1 aromatic heterocycles. The number of carbonyl (C=O) groups is 1. The van der Waals surface area contributed by atoms with E-state index in [9.17, 15) is 4.79 Å². The average Bonchev–Trinajstić information content (AvgIpc) is 2.42. The summed E-state index contributed by atoms with van der Waals surface area (Å²) in [7, 11) is 0. The van der Waals surface area contributed by atoms with Gasteiger partial charge in [0.2, 0.25) is 0 Å². The second kappa shape index (κ2) is 9.59. The van der Waals surface area contributed by atoms with Crippen molar-refractivity contribution in [1.82, 2.24) is 4.98 Å². The molecule has 0 aliphatic heterocycles. The number of pyridine rings is 1. The standard InChI is InChI=1S/C14H21NO3/c16-10-5-3-1-2-4-6-11-18-14(17)13-8-7-9-15-12-13/h7-9,12,16H,1-6,10-11H2. The van der Waals surface area contributed by atoms with Crippen LogP contribution in [0.4, 0.5) is 0 Å². The summed E-state index contributed by atoms with van der Waals surface area (Å²) in [5.41, 5.74) is 0.500. The Morgan fingerprint density at radius 3 is 2.56 bits per heavy atom. The van der Waals surface area contributed by atoms with Crippen LogP contribution < -0.4 is 0 Å². The number of rotatable bonds is 9. The van der Waals surface area contributed by atoms with E-state index >= 15 is 0 Å². The molecule has 0 aromatic carbocycles. The maximum Gasteiger partial charge on any atom is 0.339 e. The van der Waals surface area contributed by atoms with Crippen LogP contribution in [0.15, 0.2) is 24.5 Å². The van der Waals surface area contributed by atoms with Gasteiger partial charge in [0.05, 0.1) is 12.2 Å². The Kier molecular flexibility index (Phi) is 7.80. The zero-order valence-electron chi connectivity index (χ0n) is 10.7. The number of carbonyl (C=O) groups excluding carboxylic acids is 1. The zero-order valence-corrected chi connectivity index (χ0v) is 10.7. The van der Waals surface area contributed by atoms with Crippen molar-refractivity contribution in [2.45, 2.75) is 38.5 Å². The van der Waals surface area contributed by atoms with E-state index in [0.29, 0.717) is 12.2 Å². The number of unbranched alkanes of at least 4 members (excludes halogenated alkanes) is 5. The molecule has 0 unspecified atom stereocenters. The predicted octanol–water partition coefficient (Wildman–Crippen LogP) is 2.57. The van der Waals surface area contributed by atoms with E-state index in [1.807, 2.05) is 0 Å². The van der Waals surface area contributed by atoms with Crippen molar-refractivity contribution in [2.24, 2.45) is 0 Å². The van der Waals surface area contributed by atoms with Gasteiger partial charge in [-0.3, -0.25) is 4.98 Å². The summed E-state index contributed by atoms with van der Waals surface area (Å²) in [6.45, 7) is 0.746. The lowest BCUT2D eigenvalue weighted by molar-refractivity contribution is 0.0497. The number of ether oxygens (including phenoxy) is 1. The summed E-state index contributed by atoms with van der Waals surface area (Å²) in [4.78, 5) is 15.4. The molecule has 1 rings (SSSR count). The summed E-state index contributed by atoms with van der Waals surface area (Å²) in [5, 5.41) is 8.61. The van der Waals surface area contributed by atoms with E-state index in [4.69, 9.17) is 9.84 Å². The molecule has 100 valence electrons. The molecule has 1 aromatic rings. The van der Waals surface area contributed by atoms with Gasteiger partial charge in [-0.05, 0) is 25.0 Å². The molecule has 0 atom stereocenters. The molecule has 18 heavy (non-hydrogen) atoms. The first-order valence-electron chi connectivity index (χ1n) is 6.52. The van der Waals surface area contributed by atoms with E-state index in [1.54, 1.807) is 18.3 Å². The van der Waals surface area contributed by atoms with E-state index < -0.39 is 0 Å².